The molecule has 0 aliphatic carbocycles. The summed E-state index contributed by atoms with van der Waals surface area (Å²) < 4.78 is 7.71. The number of morpholine rings is 1. The zero-order chi connectivity index (χ0) is 18.8. The van der Waals surface area contributed by atoms with Gasteiger partial charge in [0.15, 0.2) is 5.82 Å². The highest BCUT2D eigenvalue weighted by molar-refractivity contribution is 5.78. The molecule has 1 saturated heterocycles. The lowest BCUT2D eigenvalue weighted by Gasteiger charge is -2.28. The third-order valence-corrected chi connectivity index (χ3v) is 4.83. The van der Waals surface area contributed by atoms with E-state index in [1.807, 2.05) is 23.0 Å². The van der Waals surface area contributed by atoms with Crippen LogP contribution in [0.1, 0.15) is 13.0 Å². The third-order valence-electron chi connectivity index (χ3n) is 4.83. The van der Waals surface area contributed by atoms with Gasteiger partial charge in [0.1, 0.15) is 5.75 Å². The fourth-order valence-corrected chi connectivity index (χ4v) is 3.22. The number of hydrogen-bond acceptors (Lipinski definition) is 7. The molecule has 2 atom stereocenters. The van der Waals surface area contributed by atoms with Crippen molar-refractivity contribution in [3.8, 4) is 28.1 Å². The lowest BCUT2D eigenvalue weighted by atomic mass is 10.1. The van der Waals surface area contributed by atoms with Gasteiger partial charge >= 0.3 is 0 Å². The van der Waals surface area contributed by atoms with Crippen molar-refractivity contribution in [1.82, 2.24) is 25.3 Å². The SMILES string of the molecule is CC([C@H]1CNCCO1)n1cc(-c2cc(-c3ccccc3O)nnc2N)cn1. The maximum atomic E-state index is 10.1. The van der Waals surface area contributed by atoms with Crippen LogP contribution in [0.25, 0.3) is 22.4 Å². The number of phenols is 1. The smallest absolute Gasteiger partial charge is 0.154 e. The number of rotatable bonds is 4. The van der Waals surface area contributed by atoms with E-state index < -0.39 is 0 Å². The van der Waals surface area contributed by atoms with E-state index in [2.05, 4.69) is 27.5 Å². The van der Waals surface area contributed by atoms with Crippen molar-refractivity contribution in [3.05, 3.63) is 42.7 Å². The molecule has 1 fully saturated rings. The molecule has 3 aromatic rings. The van der Waals surface area contributed by atoms with Gasteiger partial charge in [0.2, 0.25) is 0 Å². The highest BCUT2D eigenvalue weighted by Gasteiger charge is 2.23. The number of anilines is 1. The summed E-state index contributed by atoms with van der Waals surface area (Å²) in [5, 5.41) is 26.1. The predicted molar refractivity (Wildman–Crippen MR) is 102 cm³/mol. The molecule has 140 valence electrons. The fraction of sp³-hybridized carbons (Fsp3) is 0.316. The first kappa shape index (κ1) is 17.4. The summed E-state index contributed by atoms with van der Waals surface area (Å²) in [7, 11) is 0. The zero-order valence-electron chi connectivity index (χ0n) is 15.0. The van der Waals surface area contributed by atoms with E-state index in [1.54, 1.807) is 24.4 Å². The molecule has 3 heterocycles. The van der Waals surface area contributed by atoms with Crippen LogP contribution in [0.3, 0.4) is 0 Å². The first-order valence-corrected chi connectivity index (χ1v) is 8.92. The normalized spacial score (nSPS) is 18.3. The van der Waals surface area contributed by atoms with Crippen molar-refractivity contribution < 1.29 is 9.84 Å². The highest BCUT2D eigenvalue weighted by Crippen LogP contribution is 2.32. The molecule has 1 unspecified atom stereocenters. The van der Waals surface area contributed by atoms with Gasteiger partial charge in [0.05, 0.1) is 30.6 Å². The number of hydrogen-bond donors (Lipinski definition) is 3. The summed E-state index contributed by atoms with van der Waals surface area (Å²) in [6, 6.07) is 8.91. The van der Waals surface area contributed by atoms with E-state index in [4.69, 9.17) is 10.5 Å². The monoisotopic (exact) mass is 366 g/mol. The van der Waals surface area contributed by atoms with E-state index in [1.165, 1.54) is 0 Å². The van der Waals surface area contributed by atoms with Crippen LogP contribution < -0.4 is 11.1 Å². The number of nitrogen functional groups attached to an aromatic ring is 1. The first-order valence-electron chi connectivity index (χ1n) is 8.92. The van der Waals surface area contributed by atoms with E-state index in [0.29, 0.717) is 23.7 Å². The van der Waals surface area contributed by atoms with Crippen molar-refractivity contribution in [2.24, 2.45) is 0 Å². The molecule has 1 aliphatic rings. The Balaban J connectivity index is 1.65. The molecule has 0 saturated carbocycles. The molecule has 2 aromatic heterocycles. The van der Waals surface area contributed by atoms with Gasteiger partial charge in [-0.05, 0) is 25.1 Å². The molecule has 27 heavy (non-hydrogen) atoms. The lowest BCUT2D eigenvalue weighted by molar-refractivity contribution is -0.00318. The van der Waals surface area contributed by atoms with E-state index in [-0.39, 0.29) is 17.9 Å². The minimum absolute atomic E-state index is 0.0660. The minimum atomic E-state index is 0.0660. The quantitative estimate of drug-likeness (QED) is 0.646. The number of ether oxygens (including phenoxy) is 1. The van der Waals surface area contributed by atoms with Crippen LogP contribution >= 0.6 is 0 Å². The number of nitrogens with one attached hydrogen (secondary N) is 1. The molecule has 1 aromatic carbocycles. The molecule has 0 amide bonds. The summed E-state index contributed by atoms with van der Waals surface area (Å²) in [5.41, 5.74) is 8.79. The number of aromatic hydroxyl groups is 1. The van der Waals surface area contributed by atoms with Crippen LogP contribution in [-0.4, -0.2) is 50.9 Å². The second-order valence-electron chi connectivity index (χ2n) is 6.61. The Morgan fingerprint density at radius 2 is 2.15 bits per heavy atom. The topological polar surface area (TPSA) is 111 Å². The zero-order valence-corrected chi connectivity index (χ0v) is 15.0. The molecule has 8 heteroatoms. The molecule has 1 aliphatic heterocycles. The Bertz CT molecular complexity index is 935. The number of para-hydroxylation sites is 1. The van der Waals surface area contributed by atoms with Crippen molar-refractivity contribution in [3.63, 3.8) is 0 Å². The Labute approximate surface area is 157 Å². The molecule has 0 spiro atoms. The van der Waals surface area contributed by atoms with Crippen molar-refractivity contribution in [2.45, 2.75) is 19.1 Å². The largest absolute Gasteiger partial charge is 0.507 e. The first-order chi connectivity index (χ1) is 13.1. The molecule has 8 nitrogen and oxygen atoms in total. The van der Waals surface area contributed by atoms with Crippen molar-refractivity contribution in [1.29, 1.82) is 0 Å². The molecule has 0 radical (unpaired) electrons. The van der Waals surface area contributed by atoms with Crippen molar-refractivity contribution in [2.75, 3.05) is 25.4 Å². The predicted octanol–water partition coefficient (Wildman–Crippen LogP) is 1.84. The average Bonchev–Trinajstić information content (AvgIpc) is 3.19. The lowest BCUT2D eigenvalue weighted by Crippen LogP contribution is -2.42. The second-order valence-corrected chi connectivity index (χ2v) is 6.61. The number of nitrogens with zero attached hydrogens (tertiary/aromatic N) is 4. The number of aromatic nitrogens is 4. The van der Waals surface area contributed by atoms with E-state index >= 15 is 0 Å². The maximum Gasteiger partial charge on any atom is 0.154 e. The van der Waals surface area contributed by atoms with Gasteiger partial charge in [-0.25, -0.2) is 0 Å². The van der Waals surface area contributed by atoms with Gasteiger partial charge in [-0.1, -0.05) is 12.1 Å². The van der Waals surface area contributed by atoms with E-state index in [9.17, 15) is 5.11 Å². The van der Waals surface area contributed by atoms with E-state index in [0.717, 1.165) is 24.2 Å². The Morgan fingerprint density at radius 1 is 1.30 bits per heavy atom. The fourth-order valence-electron chi connectivity index (χ4n) is 3.22. The van der Waals surface area contributed by atoms with Gasteiger partial charge in [-0.15, -0.1) is 10.2 Å². The third kappa shape index (κ3) is 3.49. The van der Waals surface area contributed by atoms with Crippen LogP contribution in [0, 0.1) is 0 Å². The number of benzene rings is 1. The second kappa shape index (κ2) is 7.34. The summed E-state index contributed by atoms with van der Waals surface area (Å²) in [4.78, 5) is 0. The van der Waals surface area contributed by atoms with Crippen molar-refractivity contribution >= 4 is 5.82 Å². The Hall–Kier alpha value is -2.97. The molecular formula is C19H22N6O2. The molecule has 0 bridgehead atoms. The minimum Gasteiger partial charge on any atom is -0.507 e. The summed E-state index contributed by atoms with van der Waals surface area (Å²) >= 11 is 0. The van der Waals surface area contributed by atoms with Gasteiger partial charge in [0.25, 0.3) is 0 Å². The average molecular weight is 366 g/mol. The van der Waals surface area contributed by atoms with Crippen LogP contribution in [0.4, 0.5) is 5.82 Å². The van der Waals surface area contributed by atoms with Crippen LogP contribution in [0.15, 0.2) is 42.7 Å². The Morgan fingerprint density at radius 3 is 2.93 bits per heavy atom. The van der Waals surface area contributed by atoms with Crippen LogP contribution in [0.2, 0.25) is 0 Å². The summed E-state index contributed by atoms with van der Waals surface area (Å²) in [6.45, 7) is 4.46. The van der Waals surface area contributed by atoms with Gasteiger partial charge < -0.3 is 20.9 Å². The summed E-state index contributed by atoms with van der Waals surface area (Å²) in [6.07, 6.45) is 3.76. The molecule has 4 rings (SSSR count). The number of phenolic OH excluding ortho intramolecular Hbond substituents is 1. The molecule has 4 N–H and O–H groups in total. The van der Waals surface area contributed by atoms with Gasteiger partial charge in [-0.3, -0.25) is 4.68 Å². The summed E-state index contributed by atoms with van der Waals surface area (Å²) in [5.74, 6) is 0.464. The van der Waals surface area contributed by atoms with Gasteiger partial charge in [0, 0.05) is 36.0 Å². The Kier molecular flexibility index (Phi) is 4.74. The highest BCUT2D eigenvalue weighted by atomic mass is 16.5. The van der Waals surface area contributed by atoms with Gasteiger partial charge in [-0.2, -0.15) is 5.10 Å². The van der Waals surface area contributed by atoms with Crippen LogP contribution in [0.5, 0.6) is 5.75 Å². The number of nitrogens with two attached hydrogens (primary N) is 1. The maximum absolute atomic E-state index is 10.1. The molecular weight excluding hydrogens is 344 g/mol. The standard InChI is InChI=1S/C19H22N6O2/c1-12(18-10-21-6-7-27-18)25-11-13(9-22-25)15-8-16(23-24-19(15)20)14-4-2-3-5-17(14)26/h2-5,8-9,11-12,18,21,26H,6-7,10H2,1H3,(H2,20,24)/t12?,18-/m1/s1. The van der Waals surface area contributed by atoms with Crippen LogP contribution in [-0.2, 0) is 4.74 Å².